The largest absolute Gasteiger partial charge is 0.508 e. The minimum atomic E-state index is -1.90. The second-order valence-corrected chi connectivity index (χ2v) is 13.7. The fraction of sp³-hybridized carbons (Fsp3) is 0.395. The van der Waals surface area contributed by atoms with Crippen LogP contribution >= 0.6 is 0 Å². The lowest BCUT2D eigenvalue weighted by Gasteiger charge is -2.36. The van der Waals surface area contributed by atoms with E-state index in [9.17, 15) is 49.5 Å². The van der Waals surface area contributed by atoms with E-state index >= 15 is 0 Å². The molecule has 0 bridgehead atoms. The Morgan fingerprint density at radius 1 is 0.904 bits per heavy atom. The average Bonchev–Trinajstić information content (AvgIpc) is 3.39. The number of carboxylic acid groups (broad SMARTS) is 1. The van der Waals surface area contributed by atoms with Gasteiger partial charge in [-0.2, -0.15) is 0 Å². The van der Waals surface area contributed by atoms with Gasteiger partial charge in [-0.05, 0) is 45.7 Å². The summed E-state index contributed by atoms with van der Waals surface area (Å²) in [5.74, 6) is -7.14. The van der Waals surface area contributed by atoms with Gasteiger partial charge in [0, 0.05) is 52.8 Å². The highest BCUT2D eigenvalue weighted by molar-refractivity contribution is 6.32. The summed E-state index contributed by atoms with van der Waals surface area (Å²) in [7, 11) is 0. The van der Waals surface area contributed by atoms with Gasteiger partial charge in [0.05, 0.1) is 29.5 Å². The summed E-state index contributed by atoms with van der Waals surface area (Å²) in [5.41, 5.74) is -3.19. The molecule has 2 aliphatic carbocycles. The topological polar surface area (TPSA) is 223 Å². The van der Waals surface area contributed by atoms with Crippen LogP contribution in [0.4, 0.5) is 0 Å². The lowest BCUT2D eigenvalue weighted by atomic mass is 9.71. The highest BCUT2D eigenvalue weighted by atomic mass is 16.8. The number of ether oxygens (including phenoxy) is 4. The summed E-state index contributed by atoms with van der Waals surface area (Å²) >= 11 is 0. The molecule has 5 N–H and O–H groups in total. The van der Waals surface area contributed by atoms with Gasteiger partial charge in [-0.3, -0.25) is 14.4 Å². The Kier molecular flexibility index (Phi) is 9.57. The Labute approximate surface area is 297 Å². The summed E-state index contributed by atoms with van der Waals surface area (Å²) in [6, 6.07) is 3.83. The van der Waals surface area contributed by atoms with Crippen molar-refractivity contribution in [2.45, 2.75) is 95.0 Å². The van der Waals surface area contributed by atoms with Gasteiger partial charge in [0.25, 0.3) is 5.79 Å². The van der Waals surface area contributed by atoms with E-state index in [-0.39, 0.29) is 51.8 Å². The molecule has 14 heteroatoms. The van der Waals surface area contributed by atoms with E-state index in [2.05, 4.69) is 0 Å². The van der Waals surface area contributed by atoms with Crippen molar-refractivity contribution in [1.82, 2.24) is 0 Å². The van der Waals surface area contributed by atoms with E-state index in [1.165, 1.54) is 38.1 Å². The molecule has 3 unspecified atom stereocenters. The highest BCUT2D eigenvalue weighted by Gasteiger charge is 2.49. The molecule has 6 rings (SSSR count). The Bertz CT molecular complexity index is 1970. The number of hydrogen-bond donors (Lipinski definition) is 5. The zero-order chi connectivity index (χ0) is 37.9. The molecule has 8 atom stereocenters. The minimum Gasteiger partial charge on any atom is -0.508 e. The number of phenols is 2. The van der Waals surface area contributed by atoms with Crippen molar-refractivity contribution in [3.63, 3.8) is 0 Å². The average molecular weight is 719 g/mol. The van der Waals surface area contributed by atoms with Crippen molar-refractivity contribution < 1.29 is 68.5 Å². The first kappa shape index (κ1) is 36.8. The van der Waals surface area contributed by atoms with Crippen LogP contribution in [0.25, 0.3) is 0 Å². The molecule has 0 saturated carbocycles. The Morgan fingerprint density at radius 2 is 1.60 bits per heavy atom. The van der Waals surface area contributed by atoms with Crippen molar-refractivity contribution >= 4 is 29.3 Å². The van der Waals surface area contributed by atoms with Gasteiger partial charge < -0.3 is 44.5 Å². The number of fused-ring (bicyclic) bond motifs is 4. The number of carbonyl (C=O) groups excluding carboxylic acids is 4. The molecule has 0 amide bonds. The molecule has 2 saturated heterocycles. The van der Waals surface area contributed by atoms with Gasteiger partial charge in [-0.15, -0.1) is 0 Å². The van der Waals surface area contributed by atoms with Gasteiger partial charge in [0.1, 0.15) is 29.8 Å². The Hall–Kier alpha value is -4.99. The number of rotatable bonds is 7. The number of aliphatic hydroxyl groups is 2. The maximum absolute atomic E-state index is 13.8. The van der Waals surface area contributed by atoms with Gasteiger partial charge in [0.2, 0.25) is 0 Å². The van der Waals surface area contributed by atoms with Crippen LogP contribution in [-0.4, -0.2) is 96.7 Å². The molecule has 0 spiro atoms. The van der Waals surface area contributed by atoms with Crippen molar-refractivity contribution in [1.29, 1.82) is 0 Å². The fourth-order valence-electron chi connectivity index (χ4n) is 7.08. The van der Waals surface area contributed by atoms with Crippen molar-refractivity contribution in [3.8, 4) is 11.5 Å². The van der Waals surface area contributed by atoms with E-state index in [1.807, 2.05) is 0 Å². The molecule has 52 heavy (non-hydrogen) atoms. The second-order valence-electron chi connectivity index (χ2n) is 13.7. The smallest absolute Gasteiger partial charge is 0.364 e. The zero-order valence-electron chi connectivity index (χ0n) is 28.7. The first-order valence-electron chi connectivity index (χ1n) is 16.7. The molecule has 274 valence electrons. The van der Waals surface area contributed by atoms with Crippen LogP contribution in [0.3, 0.4) is 0 Å². The summed E-state index contributed by atoms with van der Waals surface area (Å²) < 4.78 is 22.5. The van der Waals surface area contributed by atoms with Crippen LogP contribution in [0.5, 0.6) is 11.5 Å². The number of allylic oxidation sites excluding steroid dienone is 4. The first-order valence-corrected chi connectivity index (χ1v) is 16.7. The van der Waals surface area contributed by atoms with Gasteiger partial charge in [-0.1, -0.05) is 36.4 Å². The molecule has 14 nitrogen and oxygen atoms in total. The number of aliphatic carboxylic acids is 1. The molecule has 0 aromatic heterocycles. The standard InChI is InChI=1S/C38H38O14/c1-17-24(50-27(40)10-8-6-5-7-9-25-18(2)51-38(4,52-25)36(46)47)13-14-26(49-17)19-11-12-20-30(31(19)41)33(43)21-15-23(39)22-16-37(3,48)35(45)34(44)29(22)28(21)32(20)42/h5-12,15,17-18,24-26,35,39,41,45,48H,13-14,16H2,1-4H3,(H,46,47)/b6-5+,9-7+,10-8+/t17-,18+,24+,25+,26?,35?,37?,38+/m1/s1. The third kappa shape index (κ3) is 6.37. The number of carbonyl (C=O) groups is 5. The molecule has 2 fully saturated rings. The number of Topliss-reactive ketones (excluding diaryl/α,β-unsaturated/α-hetero) is 1. The summed E-state index contributed by atoms with van der Waals surface area (Å²) in [4.78, 5) is 64.5. The third-order valence-electron chi connectivity index (χ3n) is 9.90. The first-order chi connectivity index (χ1) is 24.4. The zero-order valence-corrected chi connectivity index (χ0v) is 28.7. The maximum atomic E-state index is 13.8. The molecular weight excluding hydrogens is 680 g/mol. The van der Waals surface area contributed by atoms with Crippen molar-refractivity contribution in [3.05, 3.63) is 93.6 Å². The van der Waals surface area contributed by atoms with Crippen LogP contribution in [0.15, 0.2) is 54.7 Å². The number of benzene rings is 2. The van der Waals surface area contributed by atoms with Gasteiger partial charge in [-0.25, -0.2) is 9.59 Å². The molecule has 2 aromatic rings. The normalized spacial score (nSPS) is 31.6. The molecule has 2 aromatic carbocycles. The SMILES string of the molecule is C[C@@H]1O[C@](C)(C(=O)O)O[C@H]1/C=C/C=C/C=C/C(=O)O[C@H]1CCC(c2ccc3c(c2O)C(=O)c2cc(O)c4c(c2C3=O)C(=O)C(O)C(C)(O)C4)O[C@@H]1C. The van der Waals surface area contributed by atoms with Crippen LogP contribution in [0.2, 0.25) is 0 Å². The predicted octanol–water partition coefficient (Wildman–Crippen LogP) is 3.15. The van der Waals surface area contributed by atoms with E-state index in [0.29, 0.717) is 6.42 Å². The number of phenolic OH excluding ortho intramolecular Hbond substituents is 2. The van der Waals surface area contributed by atoms with E-state index in [4.69, 9.17) is 18.9 Å². The number of aromatic hydroxyl groups is 2. The number of aliphatic hydroxyl groups excluding tert-OH is 1. The number of hydrogen-bond acceptors (Lipinski definition) is 13. The van der Waals surface area contributed by atoms with E-state index < -0.39 is 88.8 Å². The lowest BCUT2D eigenvalue weighted by Crippen LogP contribution is -2.51. The fourth-order valence-corrected chi connectivity index (χ4v) is 7.08. The van der Waals surface area contributed by atoms with E-state index in [0.717, 1.165) is 6.07 Å². The third-order valence-corrected chi connectivity index (χ3v) is 9.90. The van der Waals surface area contributed by atoms with Crippen LogP contribution in [-0.2, 0) is 35.0 Å². The van der Waals surface area contributed by atoms with Crippen LogP contribution in [0, 0.1) is 0 Å². The second kappa shape index (κ2) is 13.5. The quantitative estimate of drug-likeness (QED) is 0.135. The van der Waals surface area contributed by atoms with Gasteiger partial charge >= 0.3 is 11.9 Å². The highest BCUT2D eigenvalue weighted by Crippen LogP contribution is 2.45. The Balaban J connectivity index is 1.10. The number of esters is 1. The molecule has 2 heterocycles. The molecule has 2 aliphatic heterocycles. The lowest BCUT2D eigenvalue weighted by molar-refractivity contribution is -0.200. The van der Waals surface area contributed by atoms with Crippen LogP contribution in [0.1, 0.15) is 100.0 Å². The number of ketones is 3. The summed E-state index contributed by atoms with van der Waals surface area (Å²) in [6.07, 6.45) is 4.58. The monoisotopic (exact) mass is 718 g/mol. The predicted molar refractivity (Wildman–Crippen MR) is 179 cm³/mol. The van der Waals surface area contributed by atoms with E-state index in [1.54, 1.807) is 38.2 Å². The number of carboxylic acids is 1. The molecule has 4 aliphatic rings. The minimum absolute atomic E-state index is 0.0580. The summed E-state index contributed by atoms with van der Waals surface area (Å²) in [5, 5.41) is 52.3. The molecule has 0 radical (unpaired) electrons. The molecular formula is C38H38O14. The Morgan fingerprint density at radius 3 is 2.27 bits per heavy atom. The van der Waals surface area contributed by atoms with Crippen LogP contribution < -0.4 is 0 Å². The van der Waals surface area contributed by atoms with Crippen molar-refractivity contribution in [2.24, 2.45) is 0 Å². The van der Waals surface area contributed by atoms with Gasteiger partial charge in [0.15, 0.2) is 17.3 Å². The summed E-state index contributed by atoms with van der Waals surface area (Å²) in [6.45, 7) is 5.95. The van der Waals surface area contributed by atoms with Crippen molar-refractivity contribution in [2.75, 3.05) is 0 Å². The maximum Gasteiger partial charge on any atom is 0.364 e.